The summed E-state index contributed by atoms with van der Waals surface area (Å²) in [6.45, 7) is 1.99. The summed E-state index contributed by atoms with van der Waals surface area (Å²) in [6.07, 6.45) is 2.41. The molecule has 1 fully saturated rings. The number of thioether (sulfide) groups is 1. The Morgan fingerprint density at radius 2 is 2.00 bits per heavy atom. The normalized spacial score (nSPS) is 16.2. The lowest BCUT2D eigenvalue weighted by Crippen LogP contribution is -2.27. The molecule has 1 unspecified atom stereocenters. The smallest absolute Gasteiger partial charge is 0.267 e. The van der Waals surface area contributed by atoms with Gasteiger partial charge in [0, 0.05) is 12.7 Å². The Hall–Kier alpha value is -3.08. The average Bonchev–Trinajstić information content (AvgIpc) is 3.03. The number of fused-ring (bicyclic) bond motifs is 1. The molecule has 1 saturated heterocycles. The summed E-state index contributed by atoms with van der Waals surface area (Å²) in [4.78, 5) is 32.4. The molecule has 1 aliphatic heterocycles. The molecule has 7 nitrogen and oxygen atoms in total. The molecule has 1 amide bonds. The quantitative estimate of drug-likeness (QED) is 0.423. The van der Waals surface area contributed by atoms with Gasteiger partial charge < -0.3 is 10.4 Å². The van der Waals surface area contributed by atoms with E-state index in [-0.39, 0.29) is 46.7 Å². The number of hydrogen-bond donors (Lipinski definition) is 2. The van der Waals surface area contributed by atoms with Crippen molar-refractivity contribution in [3.8, 4) is 0 Å². The minimum absolute atomic E-state index is 0.182. The molecule has 3 aromatic rings. The Balaban J connectivity index is 1.71. The van der Waals surface area contributed by atoms with Gasteiger partial charge in [-0.3, -0.25) is 18.9 Å². The van der Waals surface area contributed by atoms with E-state index in [2.05, 4.69) is 10.3 Å². The maximum absolute atomic E-state index is 13.2. The monoisotopic (exact) mass is 470 g/mol. The number of nitrogens with zero attached hydrogens (tertiary/aromatic N) is 3. The second kappa shape index (κ2) is 9.19. The molecule has 32 heavy (non-hydrogen) atoms. The molecule has 4 rings (SSSR count). The molecule has 2 aromatic heterocycles. The molecule has 0 bridgehead atoms. The van der Waals surface area contributed by atoms with Crippen LogP contribution >= 0.6 is 24.0 Å². The van der Waals surface area contributed by atoms with E-state index in [9.17, 15) is 19.1 Å². The lowest BCUT2D eigenvalue weighted by molar-refractivity contribution is -0.122. The zero-order valence-electron chi connectivity index (χ0n) is 17.0. The molecule has 10 heteroatoms. The molecule has 0 saturated carbocycles. The minimum atomic E-state index is -0.659. The second-order valence-corrected chi connectivity index (χ2v) is 8.91. The number of amides is 1. The number of halogens is 1. The minimum Gasteiger partial charge on any atom is -0.392 e. The second-order valence-electron chi connectivity index (χ2n) is 7.23. The average molecular weight is 471 g/mol. The predicted molar refractivity (Wildman–Crippen MR) is 127 cm³/mol. The fraction of sp³-hybridized carbons (Fsp3) is 0.182. The van der Waals surface area contributed by atoms with Crippen LogP contribution in [0.15, 0.2) is 58.4 Å². The van der Waals surface area contributed by atoms with E-state index in [1.165, 1.54) is 27.5 Å². The molecule has 3 heterocycles. The van der Waals surface area contributed by atoms with Crippen LogP contribution in [0.1, 0.15) is 18.1 Å². The van der Waals surface area contributed by atoms with Crippen molar-refractivity contribution in [2.45, 2.75) is 19.6 Å². The lowest BCUT2D eigenvalue weighted by Gasteiger charge is -2.14. The highest BCUT2D eigenvalue weighted by Crippen LogP contribution is 2.34. The van der Waals surface area contributed by atoms with Gasteiger partial charge in [-0.25, -0.2) is 9.37 Å². The van der Waals surface area contributed by atoms with Crippen molar-refractivity contribution >= 4 is 51.7 Å². The molecule has 0 spiro atoms. The van der Waals surface area contributed by atoms with Gasteiger partial charge >= 0.3 is 0 Å². The van der Waals surface area contributed by atoms with E-state index in [1.54, 1.807) is 43.5 Å². The van der Waals surface area contributed by atoms with Crippen molar-refractivity contribution < 1.29 is 14.3 Å². The Morgan fingerprint density at radius 3 is 2.72 bits per heavy atom. The van der Waals surface area contributed by atoms with Crippen molar-refractivity contribution in [3.63, 3.8) is 0 Å². The van der Waals surface area contributed by atoms with Crippen LogP contribution in [0.25, 0.3) is 11.7 Å². The van der Waals surface area contributed by atoms with Gasteiger partial charge in [-0.1, -0.05) is 42.2 Å². The van der Waals surface area contributed by atoms with Crippen molar-refractivity contribution in [1.29, 1.82) is 0 Å². The number of rotatable bonds is 6. The van der Waals surface area contributed by atoms with Crippen LogP contribution in [0.3, 0.4) is 0 Å². The Bertz CT molecular complexity index is 1290. The predicted octanol–water partition coefficient (Wildman–Crippen LogP) is 3.03. The number of aliphatic hydroxyl groups is 1. The maximum Gasteiger partial charge on any atom is 0.267 e. The summed E-state index contributed by atoms with van der Waals surface area (Å²) in [6, 6.07) is 11.0. The standard InChI is InChI=1S/C22H19FN4O3S2/c1-13(28)11-24-19-16(20(29)26-9-3-2-4-18(26)25-19)10-17-21(30)27(22(31)32-17)12-14-5-7-15(23)8-6-14/h2-10,13,24,28H,11-12H2,1H3. The van der Waals surface area contributed by atoms with Crippen molar-refractivity contribution in [2.75, 3.05) is 11.9 Å². The van der Waals surface area contributed by atoms with E-state index in [0.717, 1.165) is 17.3 Å². The highest BCUT2D eigenvalue weighted by Gasteiger charge is 2.32. The van der Waals surface area contributed by atoms with E-state index in [1.807, 2.05) is 0 Å². The molecule has 0 aliphatic carbocycles. The summed E-state index contributed by atoms with van der Waals surface area (Å²) in [5, 5.41) is 12.6. The first kappa shape index (κ1) is 22.1. The van der Waals surface area contributed by atoms with Crippen LogP contribution in [-0.2, 0) is 11.3 Å². The molecule has 1 aliphatic rings. The molecule has 2 N–H and O–H groups in total. The highest BCUT2D eigenvalue weighted by atomic mass is 32.2. The number of carbonyl (C=O) groups excluding carboxylic acids is 1. The highest BCUT2D eigenvalue weighted by molar-refractivity contribution is 8.26. The van der Waals surface area contributed by atoms with Crippen molar-refractivity contribution in [1.82, 2.24) is 14.3 Å². The number of hydrogen-bond acceptors (Lipinski definition) is 7. The van der Waals surface area contributed by atoms with Gasteiger partial charge in [0.15, 0.2) is 0 Å². The number of anilines is 1. The zero-order chi connectivity index (χ0) is 22.8. The van der Waals surface area contributed by atoms with Crippen molar-refractivity contribution in [3.05, 3.63) is 80.9 Å². The van der Waals surface area contributed by atoms with Gasteiger partial charge in [0.2, 0.25) is 0 Å². The topological polar surface area (TPSA) is 86.9 Å². The van der Waals surface area contributed by atoms with Gasteiger partial charge in [-0.2, -0.15) is 0 Å². The SMILES string of the molecule is CC(O)CNc1nc2ccccn2c(=O)c1C=C1SC(=S)N(Cc2ccc(F)cc2)C1=O. The molecule has 164 valence electrons. The van der Waals surface area contributed by atoms with E-state index >= 15 is 0 Å². The van der Waals surface area contributed by atoms with Gasteiger partial charge in [-0.05, 0) is 42.8 Å². The molecule has 1 aromatic carbocycles. The van der Waals surface area contributed by atoms with Crippen molar-refractivity contribution in [2.24, 2.45) is 0 Å². The molecule has 1 atom stereocenters. The summed E-state index contributed by atoms with van der Waals surface area (Å²) in [7, 11) is 0. The largest absolute Gasteiger partial charge is 0.392 e. The maximum atomic E-state index is 13.2. The van der Waals surface area contributed by atoms with E-state index < -0.39 is 6.10 Å². The number of aliphatic hydroxyl groups excluding tert-OH is 1. The Kier molecular flexibility index (Phi) is 6.35. The van der Waals surface area contributed by atoms with Crippen LogP contribution < -0.4 is 10.9 Å². The number of benzene rings is 1. The number of carbonyl (C=O) groups is 1. The number of thiocarbonyl (C=S) groups is 1. The lowest BCUT2D eigenvalue weighted by atomic mass is 10.2. The molecule has 0 radical (unpaired) electrons. The molecular weight excluding hydrogens is 451 g/mol. The Morgan fingerprint density at radius 1 is 1.25 bits per heavy atom. The van der Waals surface area contributed by atoms with Crippen LogP contribution in [-0.4, -0.2) is 42.3 Å². The summed E-state index contributed by atoms with van der Waals surface area (Å²) in [5.41, 5.74) is 1.01. The summed E-state index contributed by atoms with van der Waals surface area (Å²) < 4.78 is 14.9. The van der Waals surface area contributed by atoms with E-state index in [4.69, 9.17) is 12.2 Å². The summed E-state index contributed by atoms with van der Waals surface area (Å²) >= 11 is 6.46. The fourth-order valence-corrected chi connectivity index (χ4v) is 4.39. The van der Waals surface area contributed by atoms with Crippen LogP contribution in [0.5, 0.6) is 0 Å². The van der Waals surface area contributed by atoms with Gasteiger partial charge in [-0.15, -0.1) is 0 Å². The third-order valence-corrected chi connectivity index (χ3v) is 6.11. The van der Waals surface area contributed by atoms with Gasteiger partial charge in [0.05, 0.1) is 23.1 Å². The first-order valence-electron chi connectivity index (χ1n) is 9.76. The van der Waals surface area contributed by atoms with Crippen LogP contribution in [0.4, 0.5) is 10.2 Å². The zero-order valence-corrected chi connectivity index (χ0v) is 18.6. The number of aromatic nitrogens is 2. The van der Waals surface area contributed by atoms with Gasteiger partial charge in [0.25, 0.3) is 11.5 Å². The van der Waals surface area contributed by atoms with Gasteiger partial charge in [0.1, 0.15) is 21.6 Å². The number of pyridine rings is 1. The summed E-state index contributed by atoms with van der Waals surface area (Å²) in [5.74, 6) is -0.435. The molecular formula is C22H19FN4O3S2. The first-order chi connectivity index (χ1) is 15.3. The third-order valence-electron chi connectivity index (χ3n) is 4.74. The van der Waals surface area contributed by atoms with E-state index in [0.29, 0.717) is 9.97 Å². The fourth-order valence-electron chi connectivity index (χ4n) is 3.15. The van der Waals surface area contributed by atoms with Crippen LogP contribution in [0, 0.1) is 5.82 Å². The Labute approximate surface area is 192 Å². The first-order valence-corrected chi connectivity index (χ1v) is 11.0. The number of nitrogens with one attached hydrogen (secondary N) is 1. The third kappa shape index (κ3) is 4.57. The van der Waals surface area contributed by atoms with Crippen LogP contribution in [0.2, 0.25) is 0 Å².